The molecule has 1 saturated heterocycles. The number of likely N-dealkylation sites (tertiary alicyclic amines) is 1. The number of rotatable bonds is 8. The smallest absolute Gasteiger partial charge is 0.124 e. The lowest BCUT2D eigenvalue weighted by Crippen LogP contribution is -2.36. The van der Waals surface area contributed by atoms with E-state index in [0.29, 0.717) is 6.10 Å². The third-order valence-corrected chi connectivity index (χ3v) is 5.40. The van der Waals surface area contributed by atoms with E-state index in [9.17, 15) is 0 Å². The first-order valence-electron chi connectivity index (χ1n) is 8.23. The largest absolute Gasteiger partial charge is 0.496 e. The average Bonchev–Trinajstić information content (AvgIpc) is 2.59. The molecule has 0 atom stereocenters. The molecule has 0 unspecified atom stereocenters. The molecule has 0 spiro atoms. The molecule has 1 aromatic carbocycles. The van der Waals surface area contributed by atoms with Crippen molar-refractivity contribution < 1.29 is 9.47 Å². The Labute approximate surface area is 161 Å². The van der Waals surface area contributed by atoms with Gasteiger partial charge in [-0.2, -0.15) is 0 Å². The molecule has 1 aliphatic rings. The summed E-state index contributed by atoms with van der Waals surface area (Å²) in [5.74, 6) is 0.863. The normalized spacial score (nSPS) is 16.2. The molecule has 5 nitrogen and oxygen atoms in total. The summed E-state index contributed by atoms with van der Waals surface area (Å²) in [5, 5.41) is 7.91. The van der Waals surface area contributed by atoms with Gasteiger partial charge in [0.15, 0.2) is 0 Å². The molecule has 0 saturated carbocycles. The van der Waals surface area contributed by atoms with Crippen LogP contribution in [-0.2, 0) is 11.3 Å². The van der Waals surface area contributed by atoms with Crippen LogP contribution in [0, 0.1) is 12.3 Å². The highest BCUT2D eigenvalue weighted by atomic mass is 127. The van der Waals surface area contributed by atoms with Crippen molar-refractivity contribution in [3.8, 4) is 5.75 Å². The van der Waals surface area contributed by atoms with E-state index in [1.54, 1.807) is 7.11 Å². The van der Waals surface area contributed by atoms with Gasteiger partial charge in [0.25, 0.3) is 0 Å². The lowest BCUT2D eigenvalue weighted by Gasteiger charge is -2.32. The van der Waals surface area contributed by atoms with E-state index in [1.807, 2.05) is 6.92 Å². The van der Waals surface area contributed by atoms with Crippen LogP contribution in [0.2, 0.25) is 0 Å². The Hall–Kier alpha value is -0.510. The second kappa shape index (κ2) is 9.84. The van der Waals surface area contributed by atoms with E-state index in [4.69, 9.17) is 14.9 Å². The van der Waals surface area contributed by atoms with Crippen molar-refractivity contribution >= 4 is 42.2 Å². The number of hydrogen-bond donors (Lipinski definition) is 2. The molecular formula is C17H26IN3O2S. The highest BCUT2D eigenvalue weighted by Crippen LogP contribution is 2.35. The van der Waals surface area contributed by atoms with Crippen LogP contribution in [0.25, 0.3) is 0 Å². The fourth-order valence-electron chi connectivity index (χ4n) is 3.22. The topological polar surface area (TPSA) is 57.6 Å². The highest BCUT2D eigenvalue weighted by Gasteiger charge is 2.23. The third-order valence-electron chi connectivity index (χ3n) is 4.46. The van der Waals surface area contributed by atoms with Crippen LogP contribution >= 0.6 is 30.3 Å². The zero-order valence-electron chi connectivity index (χ0n) is 14.5. The predicted octanol–water partition coefficient (Wildman–Crippen LogP) is 4.41. The Morgan fingerprint density at radius 1 is 1.46 bits per heavy atom. The van der Waals surface area contributed by atoms with Gasteiger partial charge >= 0.3 is 0 Å². The van der Waals surface area contributed by atoms with E-state index in [1.165, 1.54) is 15.3 Å². The summed E-state index contributed by atoms with van der Waals surface area (Å²) >= 11 is 2.21. The van der Waals surface area contributed by atoms with Gasteiger partial charge in [-0.15, -0.1) is 0 Å². The second-order valence-electron chi connectivity index (χ2n) is 5.92. The van der Waals surface area contributed by atoms with Crippen LogP contribution in [0.15, 0.2) is 6.07 Å². The van der Waals surface area contributed by atoms with Crippen molar-refractivity contribution in [2.24, 2.45) is 0 Å². The van der Waals surface area contributed by atoms with Crippen molar-refractivity contribution in [1.82, 2.24) is 4.90 Å². The molecule has 1 aliphatic heterocycles. The minimum atomic E-state index is 0.390. The molecule has 1 heterocycles. The average molecular weight is 463 g/mol. The van der Waals surface area contributed by atoms with Gasteiger partial charge in [0.05, 0.1) is 18.9 Å². The molecule has 2 rings (SSSR count). The maximum Gasteiger partial charge on any atom is 0.124 e. The van der Waals surface area contributed by atoms with E-state index in [0.717, 1.165) is 67.2 Å². The fraction of sp³-hybridized carbons (Fsp3) is 0.588. The Balaban J connectivity index is 2.22. The number of ether oxygens (including phenoxy) is 2. The summed E-state index contributed by atoms with van der Waals surface area (Å²) < 4.78 is 14.7. The van der Waals surface area contributed by atoms with Crippen molar-refractivity contribution in [3.05, 3.63) is 22.8 Å². The van der Waals surface area contributed by atoms with E-state index < -0.39 is 0 Å². The number of benzene rings is 1. The number of piperidine rings is 1. The molecule has 0 amide bonds. The highest BCUT2D eigenvalue weighted by molar-refractivity contribution is 14.2. The van der Waals surface area contributed by atoms with Crippen molar-refractivity contribution in [2.75, 3.05) is 31.5 Å². The minimum Gasteiger partial charge on any atom is -0.496 e. The second-order valence-corrected chi connectivity index (χ2v) is 7.60. The van der Waals surface area contributed by atoms with Crippen LogP contribution in [0.1, 0.15) is 36.5 Å². The maximum absolute atomic E-state index is 7.91. The number of methoxy groups -OCH3 is 1. The van der Waals surface area contributed by atoms with E-state index in [-0.39, 0.29) is 0 Å². The summed E-state index contributed by atoms with van der Waals surface area (Å²) in [4.78, 5) is 2.43. The molecule has 0 aliphatic carbocycles. The number of halogens is 1. The first-order chi connectivity index (χ1) is 11.6. The van der Waals surface area contributed by atoms with Crippen LogP contribution in [-0.4, -0.2) is 44.0 Å². The first kappa shape index (κ1) is 19.8. The number of aryl methyl sites for hydroxylation is 1. The minimum absolute atomic E-state index is 0.390. The zero-order valence-corrected chi connectivity index (χ0v) is 17.5. The summed E-state index contributed by atoms with van der Waals surface area (Å²) in [6.07, 6.45) is 3.96. The van der Waals surface area contributed by atoms with Crippen LogP contribution in [0.4, 0.5) is 5.69 Å². The van der Waals surface area contributed by atoms with Crippen molar-refractivity contribution in [1.29, 1.82) is 5.41 Å². The molecule has 1 fully saturated rings. The van der Waals surface area contributed by atoms with Gasteiger partial charge in [-0.05, 0) is 38.3 Å². The van der Waals surface area contributed by atoms with Crippen molar-refractivity contribution in [2.45, 2.75) is 39.3 Å². The number of nitrogens with zero attached hydrogens (tertiary/aromatic N) is 1. The van der Waals surface area contributed by atoms with Gasteiger partial charge in [0.1, 0.15) is 5.75 Å². The standard InChI is InChI=1S/C17H26IN3O2S/c1-4-23-13-5-7-21(8-6-13)11-15-14(10-19)17(20-24-18)12(2)9-16(15)22-3/h9-10,13,19-20H,4-8,11H2,1-3H3. The third kappa shape index (κ3) is 4.77. The molecule has 1 aromatic rings. The number of nitrogens with one attached hydrogen (secondary N) is 2. The van der Waals surface area contributed by atoms with Crippen LogP contribution in [0.5, 0.6) is 5.75 Å². The lowest BCUT2D eigenvalue weighted by atomic mass is 9.99. The lowest BCUT2D eigenvalue weighted by molar-refractivity contribution is 0.0124. The molecule has 0 bridgehead atoms. The van der Waals surface area contributed by atoms with E-state index in [2.05, 4.69) is 43.8 Å². The summed E-state index contributed by atoms with van der Waals surface area (Å²) in [6.45, 7) is 7.72. The van der Waals surface area contributed by atoms with Crippen molar-refractivity contribution in [3.63, 3.8) is 0 Å². The molecular weight excluding hydrogens is 437 g/mol. The van der Waals surface area contributed by atoms with Gasteiger partial charge < -0.3 is 19.6 Å². The van der Waals surface area contributed by atoms with E-state index >= 15 is 0 Å². The Kier molecular flexibility index (Phi) is 8.12. The number of hydrogen-bond acceptors (Lipinski definition) is 6. The SMILES string of the molecule is CCOC1CCN(Cc2c(OC)cc(C)c(NSI)c2C=N)CC1. The first-order valence-corrected chi connectivity index (χ1v) is 11.6. The maximum atomic E-state index is 7.91. The molecule has 7 heteroatoms. The zero-order chi connectivity index (χ0) is 17.5. The molecule has 0 aromatic heterocycles. The molecule has 2 N–H and O–H groups in total. The van der Waals surface area contributed by atoms with Gasteiger partial charge in [-0.3, -0.25) is 4.90 Å². The quantitative estimate of drug-likeness (QED) is 0.340. The van der Waals surface area contributed by atoms with Gasteiger partial charge in [0, 0.05) is 73.9 Å². The molecule has 24 heavy (non-hydrogen) atoms. The van der Waals surface area contributed by atoms with Gasteiger partial charge in [0.2, 0.25) is 0 Å². The summed E-state index contributed by atoms with van der Waals surface area (Å²) in [6, 6.07) is 2.06. The Morgan fingerprint density at radius 2 is 2.17 bits per heavy atom. The Bertz CT molecular complexity index is 563. The Morgan fingerprint density at radius 3 is 2.71 bits per heavy atom. The van der Waals surface area contributed by atoms with Gasteiger partial charge in [-0.1, -0.05) is 0 Å². The molecule has 0 radical (unpaired) electrons. The summed E-state index contributed by atoms with van der Waals surface area (Å²) in [5.41, 5.74) is 4.10. The van der Waals surface area contributed by atoms with Crippen LogP contribution < -0.4 is 9.46 Å². The predicted molar refractivity (Wildman–Crippen MR) is 111 cm³/mol. The summed E-state index contributed by atoms with van der Waals surface area (Å²) in [7, 11) is 3.22. The monoisotopic (exact) mass is 463 g/mol. The van der Waals surface area contributed by atoms with Gasteiger partial charge in [-0.25, -0.2) is 0 Å². The molecule has 134 valence electrons. The van der Waals surface area contributed by atoms with Crippen LogP contribution in [0.3, 0.4) is 0 Å². The number of anilines is 1. The fourth-order valence-corrected chi connectivity index (χ4v) is 4.23.